The summed E-state index contributed by atoms with van der Waals surface area (Å²) in [6.07, 6.45) is 0.858. The lowest BCUT2D eigenvalue weighted by molar-refractivity contribution is -0.153. The fourth-order valence-electron chi connectivity index (χ4n) is 0.812. The van der Waals surface area contributed by atoms with Crippen molar-refractivity contribution in [3.05, 3.63) is 51.1 Å². The molecule has 0 rings (SSSR count). The standard InChI is InChI=1S/C10H14F3N2OP/c1-5-14(6-2)17(15(7-3)8-4)16-9-10(11,12)13/h5-8H,1-4,9H2. The molecule has 0 aliphatic rings. The third-order valence-corrected chi connectivity index (χ3v) is 3.29. The van der Waals surface area contributed by atoms with E-state index < -0.39 is 21.2 Å². The molecular weight excluding hydrogens is 252 g/mol. The van der Waals surface area contributed by atoms with Gasteiger partial charge in [-0.05, 0) is 0 Å². The molecule has 0 amide bonds. The zero-order chi connectivity index (χ0) is 13.5. The summed E-state index contributed by atoms with van der Waals surface area (Å²) in [6, 6.07) is 0. The second-order valence-corrected chi connectivity index (χ2v) is 4.32. The van der Waals surface area contributed by atoms with E-state index in [1.807, 2.05) is 0 Å². The minimum absolute atomic E-state index is 1.31. The van der Waals surface area contributed by atoms with E-state index in [0.717, 1.165) is 0 Å². The van der Waals surface area contributed by atoms with Crippen LogP contribution in [0.25, 0.3) is 0 Å². The summed E-state index contributed by atoms with van der Waals surface area (Å²) in [4.78, 5) is 0. The van der Waals surface area contributed by atoms with Crippen LogP contribution in [0.1, 0.15) is 0 Å². The van der Waals surface area contributed by atoms with Crippen LogP contribution in [0, 0.1) is 0 Å². The van der Waals surface area contributed by atoms with Gasteiger partial charge < -0.3 is 4.52 Å². The van der Waals surface area contributed by atoms with Crippen LogP contribution >= 0.6 is 8.45 Å². The van der Waals surface area contributed by atoms with Gasteiger partial charge in [0.1, 0.15) is 0 Å². The van der Waals surface area contributed by atoms with Crippen LogP contribution < -0.4 is 0 Å². The van der Waals surface area contributed by atoms with Crippen LogP contribution in [0.15, 0.2) is 51.1 Å². The molecule has 0 aromatic carbocycles. The third kappa shape index (κ3) is 5.56. The summed E-state index contributed by atoms with van der Waals surface area (Å²) in [5.41, 5.74) is 0. The summed E-state index contributed by atoms with van der Waals surface area (Å²) in [5.74, 6) is 0. The van der Waals surface area contributed by atoms with Crippen molar-refractivity contribution in [2.45, 2.75) is 6.18 Å². The van der Waals surface area contributed by atoms with E-state index >= 15 is 0 Å². The maximum atomic E-state index is 12.1. The fraction of sp³-hybridized carbons (Fsp3) is 0.200. The highest BCUT2D eigenvalue weighted by molar-refractivity contribution is 7.47. The highest BCUT2D eigenvalue weighted by Gasteiger charge is 2.32. The average Bonchev–Trinajstić information content (AvgIpc) is 2.26. The van der Waals surface area contributed by atoms with E-state index in [4.69, 9.17) is 4.52 Å². The number of alkyl halides is 3. The summed E-state index contributed by atoms with van der Waals surface area (Å²) in [6.45, 7) is 12.5. The number of hydrogen-bond donors (Lipinski definition) is 0. The van der Waals surface area contributed by atoms with Crippen LogP contribution in [-0.4, -0.2) is 22.1 Å². The maximum absolute atomic E-state index is 12.1. The van der Waals surface area contributed by atoms with Gasteiger partial charge in [0, 0.05) is 24.8 Å². The summed E-state index contributed by atoms with van der Waals surface area (Å²) < 4.78 is 43.8. The van der Waals surface area contributed by atoms with E-state index in [1.54, 1.807) is 0 Å². The van der Waals surface area contributed by atoms with E-state index in [9.17, 15) is 13.2 Å². The highest BCUT2D eigenvalue weighted by Crippen LogP contribution is 2.47. The second-order valence-electron chi connectivity index (χ2n) is 2.63. The minimum atomic E-state index is -4.40. The van der Waals surface area contributed by atoms with Crippen molar-refractivity contribution in [1.29, 1.82) is 0 Å². The molecule has 0 aromatic heterocycles. The van der Waals surface area contributed by atoms with Crippen molar-refractivity contribution in [2.75, 3.05) is 6.61 Å². The van der Waals surface area contributed by atoms with Crippen LogP contribution in [0.4, 0.5) is 13.2 Å². The zero-order valence-corrected chi connectivity index (χ0v) is 10.1. The summed E-state index contributed by atoms with van der Waals surface area (Å²) in [7, 11) is -1.78. The number of halogens is 3. The van der Waals surface area contributed by atoms with Crippen LogP contribution in [0.5, 0.6) is 0 Å². The lowest BCUT2D eigenvalue weighted by Crippen LogP contribution is -2.21. The first-order valence-corrected chi connectivity index (χ1v) is 5.62. The Morgan fingerprint density at radius 2 is 1.29 bits per heavy atom. The van der Waals surface area contributed by atoms with Crippen molar-refractivity contribution < 1.29 is 17.7 Å². The zero-order valence-electron chi connectivity index (χ0n) is 9.23. The molecule has 0 saturated carbocycles. The summed E-state index contributed by atoms with van der Waals surface area (Å²) >= 11 is 0. The molecule has 0 atom stereocenters. The molecule has 7 heteroatoms. The maximum Gasteiger partial charge on any atom is 0.412 e. The van der Waals surface area contributed by atoms with Crippen molar-refractivity contribution in [2.24, 2.45) is 0 Å². The van der Waals surface area contributed by atoms with Gasteiger partial charge in [0.15, 0.2) is 6.61 Å². The monoisotopic (exact) mass is 266 g/mol. The van der Waals surface area contributed by atoms with E-state index in [1.165, 1.54) is 34.1 Å². The van der Waals surface area contributed by atoms with E-state index in [0.29, 0.717) is 0 Å². The van der Waals surface area contributed by atoms with Gasteiger partial charge in [-0.15, -0.1) is 0 Å². The predicted molar refractivity (Wildman–Crippen MR) is 63.4 cm³/mol. The van der Waals surface area contributed by atoms with Crippen molar-refractivity contribution in [1.82, 2.24) is 9.34 Å². The molecule has 0 heterocycles. The quantitative estimate of drug-likeness (QED) is 0.618. The first-order valence-electron chi connectivity index (χ1n) is 4.46. The van der Waals surface area contributed by atoms with Gasteiger partial charge >= 0.3 is 6.18 Å². The SMILES string of the molecule is C=CN(C=C)P(OCC(F)(F)F)N(C=C)C=C. The molecular formula is C10H14F3N2OP. The molecule has 0 aliphatic heterocycles. The number of nitrogens with zero attached hydrogens (tertiary/aromatic N) is 2. The Balaban J connectivity index is 4.83. The molecule has 0 aliphatic carbocycles. The first-order chi connectivity index (χ1) is 7.89. The largest absolute Gasteiger partial charge is 0.412 e. The molecule has 17 heavy (non-hydrogen) atoms. The fourth-order valence-corrected chi connectivity index (χ4v) is 2.14. The lowest BCUT2D eigenvalue weighted by atomic mass is 10.7. The number of rotatable bonds is 8. The van der Waals surface area contributed by atoms with Gasteiger partial charge in [-0.3, -0.25) is 9.34 Å². The van der Waals surface area contributed by atoms with Crippen LogP contribution in [-0.2, 0) is 4.52 Å². The van der Waals surface area contributed by atoms with Gasteiger partial charge in [0.2, 0.25) is 0 Å². The Labute approximate surface area is 100 Å². The Bertz CT molecular complexity index is 258. The predicted octanol–water partition coefficient (Wildman–Crippen LogP) is 3.97. The normalized spacial score (nSPS) is 10.8. The average molecular weight is 266 g/mol. The van der Waals surface area contributed by atoms with Gasteiger partial charge in [-0.2, -0.15) is 13.2 Å². The molecule has 0 bridgehead atoms. The molecule has 0 spiro atoms. The smallest absolute Gasteiger partial charge is 0.313 e. The third-order valence-electron chi connectivity index (χ3n) is 1.49. The van der Waals surface area contributed by atoms with Crippen LogP contribution in [0.2, 0.25) is 0 Å². The van der Waals surface area contributed by atoms with Gasteiger partial charge in [-0.1, -0.05) is 26.3 Å². The molecule has 0 unspecified atom stereocenters. The Hall–Kier alpha value is -1.26. The minimum Gasteiger partial charge on any atom is -0.313 e. The van der Waals surface area contributed by atoms with Crippen molar-refractivity contribution in [3.63, 3.8) is 0 Å². The molecule has 0 radical (unpaired) electrons. The number of hydrogen-bond acceptors (Lipinski definition) is 3. The van der Waals surface area contributed by atoms with Gasteiger partial charge in [0.25, 0.3) is 8.45 Å². The highest BCUT2D eigenvalue weighted by atomic mass is 31.2. The van der Waals surface area contributed by atoms with Gasteiger partial charge in [0.05, 0.1) is 0 Å². The molecule has 0 N–H and O–H groups in total. The van der Waals surface area contributed by atoms with E-state index in [-0.39, 0.29) is 0 Å². The molecule has 3 nitrogen and oxygen atoms in total. The van der Waals surface area contributed by atoms with Crippen molar-refractivity contribution >= 4 is 8.45 Å². The Morgan fingerprint density at radius 1 is 0.941 bits per heavy atom. The lowest BCUT2D eigenvalue weighted by Gasteiger charge is -2.32. The Morgan fingerprint density at radius 3 is 1.53 bits per heavy atom. The molecule has 0 aromatic rings. The Kier molecular flexibility index (Phi) is 6.61. The molecule has 0 saturated heterocycles. The topological polar surface area (TPSA) is 15.7 Å². The first kappa shape index (κ1) is 15.7. The van der Waals surface area contributed by atoms with Gasteiger partial charge in [-0.25, -0.2) is 0 Å². The second kappa shape index (κ2) is 7.14. The molecule has 0 fully saturated rings. The molecule has 96 valence electrons. The van der Waals surface area contributed by atoms with Crippen molar-refractivity contribution in [3.8, 4) is 0 Å². The summed E-state index contributed by atoms with van der Waals surface area (Å²) in [5, 5.41) is 0. The van der Waals surface area contributed by atoms with Crippen LogP contribution in [0.3, 0.4) is 0 Å². The van der Waals surface area contributed by atoms with E-state index in [2.05, 4.69) is 26.3 Å².